The number of aromatic nitrogens is 1. The molecular formula is C10H6BrF3N2O. The van der Waals surface area contributed by atoms with Crippen molar-refractivity contribution in [1.82, 2.24) is 5.16 Å². The fourth-order valence-electron chi connectivity index (χ4n) is 1.47. The lowest BCUT2D eigenvalue weighted by Gasteiger charge is -2.13. The summed E-state index contributed by atoms with van der Waals surface area (Å²) in [6, 6.07) is 3.78. The average molecular weight is 307 g/mol. The van der Waals surface area contributed by atoms with Crippen LogP contribution in [0.25, 0.3) is 11.1 Å². The number of nitrogen functional groups attached to an aromatic ring is 1. The Morgan fingerprint density at radius 2 is 2.00 bits per heavy atom. The number of benzene rings is 1. The molecule has 0 saturated heterocycles. The predicted molar refractivity (Wildman–Crippen MR) is 59.1 cm³/mol. The van der Waals surface area contributed by atoms with E-state index < -0.39 is 11.7 Å². The second kappa shape index (κ2) is 4.06. The molecule has 2 aromatic rings. The van der Waals surface area contributed by atoms with Gasteiger partial charge in [0.05, 0.1) is 17.3 Å². The number of nitrogens with zero attached hydrogens (tertiary/aromatic N) is 1. The van der Waals surface area contributed by atoms with Crippen molar-refractivity contribution in [3.63, 3.8) is 0 Å². The van der Waals surface area contributed by atoms with E-state index in [0.29, 0.717) is 0 Å². The van der Waals surface area contributed by atoms with Crippen LogP contribution in [0.15, 0.2) is 33.4 Å². The average Bonchev–Trinajstić information content (AvgIpc) is 2.62. The van der Waals surface area contributed by atoms with Gasteiger partial charge in [0.2, 0.25) is 5.88 Å². The van der Waals surface area contributed by atoms with E-state index in [9.17, 15) is 13.2 Å². The molecule has 1 aromatic carbocycles. The van der Waals surface area contributed by atoms with E-state index in [1.165, 1.54) is 12.1 Å². The van der Waals surface area contributed by atoms with Crippen LogP contribution in [0, 0.1) is 0 Å². The van der Waals surface area contributed by atoms with Gasteiger partial charge in [0.1, 0.15) is 0 Å². The normalized spacial score (nSPS) is 11.8. The van der Waals surface area contributed by atoms with Crippen molar-refractivity contribution < 1.29 is 17.7 Å². The Labute approximate surface area is 103 Å². The van der Waals surface area contributed by atoms with Crippen molar-refractivity contribution in [1.29, 1.82) is 0 Å². The summed E-state index contributed by atoms with van der Waals surface area (Å²) < 4.78 is 43.4. The molecule has 1 aromatic heterocycles. The van der Waals surface area contributed by atoms with Crippen LogP contribution in [0.2, 0.25) is 0 Å². The number of hydrogen-bond donors (Lipinski definition) is 1. The molecule has 1 heterocycles. The highest BCUT2D eigenvalue weighted by Crippen LogP contribution is 2.42. The lowest BCUT2D eigenvalue weighted by Crippen LogP contribution is -2.07. The second-order valence-electron chi connectivity index (χ2n) is 3.26. The molecule has 0 bridgehead atoms. The molecule has 0 aliphatic carbocycles. The van der Waals surface area contributed by atoms with Crippen LogP contribution in [-0.2, 0) is 6.18 Å². The monoisotopic (exact) mass is 306 g/mol. The zero-order valence-corrected chi connectivity index (χ0v) is 9.84. The molecule has 0 radical (unpaired) electrons. The van der Waals surface area contributed by atoms with Crippen molar-refractivity contribution >= 4 is 21.8 Å². The summed E-state index contributed by atoms with van der Waals surface area (Å²) in [6.45, 7) is 0. The van der Waals surface area contributed by atoms with Gasteiger partial charge in [-0.3, -0.25) is 0 Å². The maximum absolute atomic E-state index is 12.8. The van der Waals surface area contributed by atoms with Crippen LogP contribution in [0.4, 0.5) is 19.1 Å². The van der Waals surface area contributed by atoms with Gasteiger partial charge in [-0.25, -0.2) is 0 Å². The smallest absolute Gasteiger partial charge is 0.367 e. The number of alkyl halides is 3. The maximum Gasteiger partial charge on any atom is 0.417 e. The number of rotatable bonds is 1. The van der Waals surface area contributed by atoms with E-state index in [1.54, 1.807) is 0 Å². The maximum atomic E-state index is 12.8. The minimum atomic E-state index is -4.47. The molecule has 0 aliphatic heterocycles. The van der Waals surface area contributed by atoms with E-state index in [1.807, 2.05) is 0 Å². The standard InChI is InChI=1S/C10H6BrF3N2O/c11-7-3-1-2-6(10(12,13)14)8(7)5-4-16-17-9(5)15/h1-4H,15H2. The predicted octanol–water partition coefficient (Wildman–Crippen LogP) is 3.71. The zero-order chi connectivity index (χ0) is 12.6. The summed E-state index contributed by atoms with van der Waals surface area (Å²) >= 11 is 3.07. The van der Waals surface area contributed by atoms with Crippen LogP contribution >= 0.6 is 15.9 Å². The molecule has 0 saturated carbocycles. The summed E-state index contributed by atoms with van der Waals surface area (Å²) in [7, 11) is 0. The first-order valence-corrected chi connectivity index (χ1v) is 5.27. The highest BCUT2D eigenvalue weighted by atomic mass is 79.9. The van der Waals surface area contributed by atoms with Gasteiger partial charge in [0, 0.05) is 10.0 Å². The molecule has 0 unspecified atom stereocenters. The topological polar surface area (TPSA) is 52.0 Å². The largest absolute Gasteiger partial charge is 0.417 e. The Bertz CT molecular complexity index is 551. The van der Waals surface area contributed by atoms with Gasteiger partial charge in [-0.05, 0) is 12.1 Å². The van der Waals surface area contributed by atoms with E-state index in [2.05, 4.69) is 25.6 Å². The Hall–Kier alpha value is -1.50. The third-order valence-electron chi connectivity index (χ3n) is 2.19. The van der Waals surface area contributed by atoms with Gasteiger partial charge in [-0.15, -0.1) is 0 Å². The van der Waals surface area contributed by atoms with Gasteiger partial charge in [-0.2, -0.15) is 13.2 Å². The highest BCUT2D eigenvalue weighted by Gasteiger charge is 2.35. The first kappa shape index (κ1) is 12.0. The van der Waals surface area contributed by atoms with Crippen molar-refractivity contribution in [2.75, 3.05) is 5.73 Å². The summed E-state index contributed by atoms with van der Waals surface area (Å²) in [5.41, 5.74) is 4.69. The molecule has 0 fully saturated rings. The molecule has 2 N–H and O–H groups in total. The van der Waals surface area contributed by atoms with Crippen molar-refractivity contribution in [2.45, 2.75) is 6.18 Å². The molecule has 7 heteroatoms. The Kier molecular flexibility index (Phi) is 2.86. The van der Waals surface area contributed by atoms with Crippen LogP contribution in [0.5, 0.6) is 0 Å². The fourth-order valence-corrected chi connectivity index (χ4v) is 2.05. The van der Waals surface area contributed by atoms with Crippen molar-refractivity contribution in [3.05, 3.63) is 34.4 Å². The van der Waals surface area contributed by atoms with Crippen LogP contribution in [0.3, 0.4) is 0 Å². The molecule has 17 heavy (non-hydrogen) atoms. The van der Waals surface area contributed by atoms with Gasteiger partial charge < -0.3 is 10.3 Å². The number of anilines is 1. The summed E-state index contributed by atoms with van der Waals surface area (Å²) in [5.74, 6) is -0.151. The Morgan fingerprint density at radius 1 is 1.29 bits per heavy atom. The van der Waals surface area contributed by atoms with Crippen molar-refractivity contribution in [2.24, 2.45) is 0 Å². The van der Waals surface area contributed by atoms with E-state index in [4.69, 9.17) is 5.73 Å². The Morgan fingerprint density at radius 3 is 2.53 bits per heavy atom. The third-order valence-corrected chi connectivity index (χ3v) is 2.85. The van der Waals surface area contributed by atoms with E-state index in [0.717, 1.165) is 12.3 Å². The molecular weight excluding hydrogens is 301 g/mol. The number of nitrogens with two attached hydrogens (primary N) is 1. The van der Waals surface area contributed by atoms with Crippen LogP contribution in [0.1, 0.15) is 5.56 Å². The van der Waals surface area contributed by atoms with E-state index >= 15 is 0 Å². The first-order valence-electron chi connectivity index (χ1n) is 4.47. The van der Waals surface area contributed by atoms with Gasteiger partial charge in [0.25, 0.3) is 0 Å². The number of halogens is 4. The molecule has 2 rings (SSSR count). The van der Waals surface area contributed by atoms with Crippen LogP contribution < -0.4 is 5.73 Å². The summed E-state index contributed by atoms with van der Waals surface area (Å²) in [5, 5.41) is 3.37. The lowest BCUT2D eigenvalue weighted by atomic mass is 10.0. The minimum Gasteiger partial charge on any atom is -0.367 e. The zero-order valence-electron chi connectivity index (χ0n) is 8.25. The third kappa shape index (κ3) is 2.14. The van der Waals surface area contributed by atoms with Crippen molar-refractivity contribution in [3.8, 4) is 11.1 Å². The SMILES string of the molecule is Nc1oncc1-c1c(Br)cccc1C(F)(F)F. The molecule has 0 amide bonds. The first-order chi connectivity index (χ1) is 7.91. The lowest BCUT2D eigenvalue weighted by molar-refractivity contribution is -0.137. The highest BCUT2D eigenvalue weighted by molar-refractivity contribution is 9.10. The van der Waals surface area contributed by atoms with E-state index in [-0.39, 0.29) is 21.5 Å². The molecule has 3 nitrogen and oxygen atoms in total. The van der Waals surface area contributed by atoms with Crippen LogP contribution in [-0.4, -0.2) is 5.16 Å². The summed E-state index contributed by atoms with van der Waals surface area (Å²) in [6.07, 6.45) is -3.31. The van der Waals surface area contributed by atoms with Gasteiger partial charge in [-0.1, -0.05) is 27.2 Å². The number of hydrogen-bond acceptors (Lipinski definition) is 3. The second-order valence-corrected chi connectivity index (χ2v) is 4.12. The molecule has 0 aliphatic rings. The minimum absolute atomic E-state index is 0.0706. The van der Waals surface area contributed by atoms with Gasteiger partial charge in [0.15, 0.2) is 0 Å². The van der Waals surface area contributed by atoms with Gasteiger partial charge >= 0.3 is 6.18 Å². The molecule has 0 atom stereocenters. The summed E-state index contributed by atoms with van der Waals surface area (Å²) in [4.78, 5) is 0. The molecule has 0 spiro atoms. The Balaban J connectivity index is 2.73. The quantitative estimate of drug-likeness (QED) is 0.874. The molecule has 90 valence electrons. The fraction of sp³-hybridized carbons (Fsp3) is 0.100.